The summed E-state index contributed by atoms with van der Waals surface area (Å²) in [6.07, 6.45) is 3.73. The third-order valence-corrected chi connectivity index (χ3v) is 4.05. The Hall–Kier alpha value is -0.240. The Labute approximate surface area is 159 Å². The van der Waals surface area contributed by atoms with Crippen molar-refractivity contribution in [1.82, 2.24) is 10.6 Å². The van der Waals surface area contributed by atoms with E-state index in [4.69, 9.17) is 27.9 Å². The molecule has 1 saturated heterocycles. The van der Waals surface area contributed by atoms with Gasteiger partial charge in [-0.3, -0.25) is 4.99 Å². The minimum absolute atomic E-state index is 0. The quantitative estimate of drug-likeness (QED) is 0.401. The molecule has 1 aliphatic heterocycles. The van der Waals surface area contributed by atoms with Gasteiger partial charge in [-0.05, 0) is 37.0 Å². The molecule has 0 aromatic heterocycles. The van der Waals surface area contributed by atoms with Gasteiger partial charge in [0.1, 0.15) is 0 Å². The van der Waals surface area contributed by atoms with Crippen LogP contribution in [-0.2, 0) is 11.3 Å². The van der Waals surface area contributed by atoms with Gasteiger partial charge in [0.05, 0.1) is 6.10 Å². The van der Waals surface area contributed by atoms with Crippen molar-refractivity contribution in [1.29, 1.82) is 0 Å². The monoisotopic (exact) mass is 457 g/mol. The molecule has 1 aromatic carbocycles. The van der Waals surface area contributed by atoms with Crippen LogP contribution in [0.4, 0.5) is 0 Å². The summed E-state index contributed by atoms with van der Waals surface area (Å²) in [4.78, 5) is 4.20. The molecule has 1 aliphatic rings. The zero-order valence-electron chi connectivity index (χ0n) is 12.6. The number of ether oxygens (including phenoxy) is 1. The summed E-state index contributed by atoms with van der Waals surface area (Å²) >= 11 is 12.0. The van der Waals surface area contributed by atoms with E-state index in [1.165, 1.54) is 6.42 Å². The minimum Gasteiger partial charge on any atom is -0.378 e. The molecule has 4 nitrogen and oxygen atoms in total. The average Bonchev–Trinajstić information content (AvgIpc) is 2.97. The summed E-state index contributed by atoms with van der Waals surface area (Å²) in [6, 6.07) is 5.49. The molecule has 1 aromatic rings. The molecule has 1 atom stereocenters. The summed E-state index contributed by atoms with van der Waals surface area (Å²) in [5, 5.41) is 7.83. The molecule has 0 bridgehead atoms. The van der Waals surface area contributed by atoms with Crippen LogP contribution in [0.1, 0.15) is 24.8 Å². The predicted molar refractivity (Wildman–Crippen MR) is 104 cm³/mol. The first-order chi connectivity index (χ1) is 10.2. The van der Waals surface area contributed by atoms with E-state index in [1.54, 1.807) is 13.1 Å². The van der Waals surface area contributed by atoms with Crippen molar-refractivity contribution in [2.45, 2.75) is 31.9 Å². The summed E-state index contributed by atoms with van der Waals surface area (Å²) in [5.74, 6) is 0.763. The maximum Gasteiger partial charge on any atom is 0.191 e. The van der Waals surface area contributed by atoms with Crippen LogP contribution in [-0.4, -0.2) is 32.3 Å². The zero-order chi connectivity index (χ0) is 15.1. The van der Waals surface area contributed by atoms with Gasteiger partial charge in [0.25, 0.3) is 0 Å². The van der Waals surface area contributed by atoms with E-state index in [2.05, 4.69) is 15.6 Å². The van der Waals surface area contributed by atoms with Crippen LogP contribution in [0, 0.1) is 0 Å². The van der Waals surface area contributed by atoms with Crippen LogP contribution in [0.5, 0.6) is 0 Å². The van der Waals surface area contributed by atoms with Crippen molar-refractivity contribution in [3.63, 3.8) is 0 Å². The van der Waals surface area contributed by atoms with Crippen molar-refractivity contribution < 1.29 is 4.74 Å². The first kappa shape index (κ1) is 19.8. The lowest BCUT2D eigenvalue weighted by Crippen LogP contribution is -2.38. The summed E-state index contributed by atoms with van der Waals surface area (Å²) in [5.41, 5.74) is 0.989. The lowest BCUT2D eigenvalue weighted by molar-refractivity contribution is 0.105. The number of nitrogens with zero attached hydrogens (tertiary/aromatic N) is 1. The topological polar surface area (TPSA) is 45.7 Å². The van der Waals surface area contributed by atoms with E-state index in [0.717, 1.165) is 37.5 Å². The molecule has 0 amide bonds. The first-order valence-electron chi connectivity index (χ1n) is 7.19. The molecule has 0 saturated carbocycles. The Kier molecular flexibility index (Phi) is 9.47. The van der Waals surface area contributed by atoms with Crippen LogP contribution in [0.15, 0.2) is 23.2 Å². The van der Waals surface area contributed by atoms with Crippen molar-refractivity contribution in [3.05, 3.63) is 33.8 Å². The van der Waals surface area contributed by atoms with E-state index in [0.29, 0.717) is 22.7 Å². The second-order valence-electron chi connectivity index (χ2n) is 5.01. The number of hydrogen-bond acceptors (Lipinski definition) is 2. The zero-order valence-corrected chi connectivity index (χ0v) is 16.4. The minimum atomic E-state index is 0. The number of halogens is 3. The number of guanidine groups is 1. The number of aliphatic imine (C=N–C) groups is 1. The Bertz CT molecular complexity index is 494. The largest absolute Gasteiger partial charge is 0.378 e. The normalized spacial score (nSPS) is 18.0. The van der Waals surface area contributed by atoms with E-state index < -0.39 is 0 Å². The summed E-state index contributed by atoms with van der Waals surface area (Å²) < 4.78 is 5.59. The molecule has 124 valence electrons. The number of benzene rings is 1. The Morgan fingerprint density at radius 1 is 1.36 bits per heavy atom. The van der Waals surface area contributed by atoms with Gasteiger partial charge in [-0.2, -0.15) is 0 Å². The first-order valence-corrected chi connectivity index (χ1v) is 7.94. The lowest BCUT2D eigenvalue weighted by atomic mass is 10.2. The predicted octanol–water partition coefficient (Wildman–Crippen LogP) is 3.85. The molecule has 2 N–H and O–H groups in total. The highest BCUT2D eigenvalue weighted by atomic mass is 127. The van der Waals surface area contributed by atoms with Crippen molar-refractivity contribution in [2.75, 3.05) is 20.2 Å². The molecule has 1 fully saturated rings. The molecule has 0 aliphatic carbocycles. The molecule has 22 heavy (non-hydrogen) atoms. The molecule has 2 rings (SSSR count). The van der Waals surface area contributed by atoms with Crippen molar-refractivity contribution in [2.24, 2.45) is 4.99 Å². The molecule has 1 heterocycles. The highest BCUT2D eigenvalue weighted by Crippen LogP contribution is 2.20. The highest BCUT2D eigenvalue weighted by Gasteiger charge is 2.14. The number of nitrogens with one attached hydrogen (secondary N) is 2. The summed E-state index contributed by atoms with van der Waals surface area (Å²) in [7, 11) is 1.75. The third kappa shape index (κ3) is 6.48. The molecular weight excluding hydrogens is 436 g/mol. The van der Waals surface area contributed by atoms with Gasteiger partial charge in [0, 0.05) is 36.8 Å². The highest BCUT2D eigenvalue weighted by molar-refractivity contribution is 14.0. The summed E-state index contributed by atoms with van der Waals surface area (Å²) in [6.45, 7) is 2.35. The van der Waals surface area contributed by atoms with Crippen molar-refractivity contribution in [3.8, 4) is 0 Å². The van der Waals surface area contributed by atoms with Gasteiger partial charge in [-0.1, -0.05) is 29.3 Å². The standard InChI is InChI=1S/C15H21Cl2N3O.HI/c1-18-15(19-7-6-13-3-2-8-21-13)20-10-11-4-5-12(16)9-14(11)17;/h4-5,9,13H,2-3,6-8,10H2,1H3,(H2,18,19,20);1H. The van der Waals surface area contributed by atoms with E-state index in [1.807, 2.05) is 12.1 Å². The van der Waals surface area contributed by atoms with Crippen LogP contribution in [0.3, 0.4) is 0 Å². The molecule has 7 heteroatoms. The fourth-order valence-corrected chi connectivity index (χ4v) is 2.76. The lowest BCUT2D eigenvalue weighted by Gasteiger charge is -2.14. The molecule has 0 spiro atoms. The van der Waals surface area contributed by atoms with Crippen LogP contribution >= 0.6 is 47.2 Å². The van der Waals surface area contributed by atoms with Crippen LogP contribution < -0.4 is 10.6 Å². The van der Waals surface area contributed by atoms with Gasteiger partial charge < -0.3 is 15.4 Å². The van der Waals surface area contributed by atoms with E-state index >= 15 is 0 Å². The van der Waals surface area contributed by atoms with E-state index in [-0.39, 0.29) is 24.0 Å². The van der Waals surface area contributed by atoms with Crippen LogP contribution in [0.25, 0.3) is 0 Å². The smallest absolute Gasteiger partial charge is 0.191 e. The average molecular weight is 458 g/mol. The second-order valence-corrected chi connectivity index (χ2v) is 5.86. The van der Waals surface area contributed by atoms with Crippen LogP contribution in [0.2, 0.25) is 10.0 Å². The third-order valence-electron chi connectivity index (χ3n) is 3.47. The fraction of sp³-hybridized carbons (Fsp3) is 0.533. The molecule has 0 radical (unpaired) electrons. The van der Waals surface area contributed by atoms with Crippen molar-refractivity contribution >= 4 is 53.1 Å². The maximum absolute atomic E-state index is 6.15. The van der Waals surface area contributed by atoms with Gasteiger partial charge >= 0.3 is 0 Å². The number of hydrogen-bond donors (Lipinski definition) is 2. The SMILES string of the molecule is CN=C(NCCC1CCCO1)NCc1ccc(Cl)cc1Cl.I. The second kappa shape index (κ2) is 10.5. The van der Waals surface area contributed by atoms with Gasteiger partial charge in [0.15, 0.2) is 5.96 Å². The number of rotatable bonds is 5. The molecular formula is C15H22Cl2IN3O. The van der Waals surface area contributed by atoms with Gasteiger partial charge in [-0.15, -0.1) is 24.0 Å². The Morgan fingerprint density at radius 3 is 2.82 bits per heavy atom. The fourth-order valence-electron chi connectivity index (χ4n) is 2.29. The molecule has 1 unspecified atom stereocenters. The van der Waals surface area contributed by atoms with Gasteiger partial charge in [0.2, 0.25) is 0 Å². The Morgan fingerprint density at radius 2 is 2.18 bits per heavy atom. The van der Waals surface area contributed by atoms with E-state index in [9.17, 15) is 0 Å². The maximum atomic E-state index is 6.15. The Balaban J connectivity index is 0.00000242. The van der Waals surface area contributed by atoms with Gasteiger partial charge in [-0.25, -0.2) is 0 Å².